The van der Waals surface area contributed by atoms with Crippen LogP contribution in [0.15, 0.2) is 65.7 Å². The molecule has 1 N–H and O–H groups in total. The van der Waals surface area contributed by atoms with Gasteiger partial charge in [0.25, 0.3) is 0 Å². The number of nitrogens with zero attached hydrogens (tertiary/aromatic N) is 3. The van der Waals surface area contributed by atoms with Crippen molar-refractivity contribution in [2.75, 3.05) is 18.2 Å². The van der Waals surface area contributed by atoms with Gasteiger partial charge in [-0.15, -0.1) is 28.1 Å². The summed E-state index contributed by atoms with van der Waals surface area (Å²) in [6, 6.07) is 12.5. The minimum Gasteiger partial charge on any atom is -0.486 e. The number of aromatic nitrogens is 3. The van der Waals surface area contributed by atoms with Crippen LogP contribution < -0.4 is 10.1 Å². The number of allylic oxidation sites excluding steroid dienone is 1. The van der Waals surface area contributed by atoms with E-state index in [0.29, 0.717) is 43.9 Å². The molecule has 0 spiro atoms. The van der Waals surface area contributed by atoms with Crippen LogP contribution in [-0.4, -0.2) is 39.5 Å². The molecule has 4 rings (SSSR count). The van der Waals surface area contributed by atoms with Gasteiger partial charge in [0.15, 0.2) is 11.0 Å². The van der Waals surface area contributed by atoms with Crippen LogP contribution in [0.2, 0.25) is 10.0 Å². The first-order valence-corrected chi connectivity index (χ1v) is 14.2. The molecule has 39 heavy (non-hydrogen) atoms. The fourth-order valence-corrected chi connectivity index (χ4v) is 5.57. The minimum atomic E-state index is -0.546. The lowest BCUT2D eigenvalue weighted by molar-refractivity contribution is -0.113. The normalized spacial score (nSPS) is 10.8. The summed E-state index contributed by atoms with van der Waals surface area (Å²) >= 11 is 14.6. The first-order chi connectivity index (χ1) is 18.8. The second-order valence-corrected chi connectivity index (χ2v) is 10.9. The van der Waals surface area contributed by atoms with Gasteiger partial charge < -0.3 is 14.8 Å². The van der Waals surface area contributed by atoms with Crippen molar-refractivity contribution in [3.63, 3.8) is 0 Å². The van der Waals surface area contributed by atoms with Gasteiger partial charge in [-0.2, -0.15) is 0 Å². The predicted octanol–water partition coefficient (Wildman–Crippen LogP) is 6.90. The number of halogens is 2. The lowest BCUT2D eigenvalue weighted by Crippen LogP contribution is -2.16. The SMILES string of the molecule is C=CCn1c(COc2ccc(Cl)c(C)c2)nnc1SCC(=O)Nc1scc(-c2ccc(Cl)cc2)c1C(=O)OC. The van der Waals surface area contributed by atoms with Crippen molar-refractivity contribution in [2.45, 2.75) is 25.2 Å². The molecule has 2 aromatic carbocycles. The van der Waals surface area contributed by atoms with Crippen molar-refractivity contribution >= 4 is 63.2 Å². The van der Waals surface area contributed by atoms with Crippen molar-refractivity contribution in [1.29, 1.82) is 0 Å². The number of ether oxygens (including phenoxy) is 2. The minimum absolute atomic E-state index is 0.0430. The van der Waals surface area contributed by atoms with Gasteiger partial charge >= 0.3 is 5.97 Å². The van der Waals surface area contributed by atoms with Gasteiger partial charge in [-0.25, -0.2) is 4.79 Å². The van der Waals surface area contributed by atoms with E-state index in [1.54, 1.807) is 47.9 Å². The number of hydrogen-bond donors (Lipinski definition) is 1. The third-order valence-corrected chi connectivity index (χ3v) is 8.06. The van der Waals surface area contributed by atoms with Crippen molar-refractivity contribution in [1.82, 2.24) is 14.8 Å². The summed E-state index contributed by atoms with van der Waals surface area (Å²) in [5, 5.41) is 15.3. The molecule has 12 heteroatoms. The van der Waals surface area contributed by atoms with Crippen LogP contribution in [0.5, 0.6) is 5.75 Å². The van der Waals surface area contributed by atoms with Gasteiger partial charge in [-0.05, 0) is 48.4 Å². The smallest absolute Gasteiger partial charge is 0.341 e. The number of carbonyl (C=O) groups is 2. The Morgan fingerprint density at radius 1 is 1.18 bits per heavy atom. The number of anilines is 1. The molecule has 0 aliphatic rings. The van der Waals surface area contributed by atoms with Crippen LogP contribution in [0.3, 0.4) is 0 Å². The lowest BCUT2D eigenvalue weighted by atomic mass is 10.0. The highest BCUT2D eigenvalue weighted by atomic mass is 35.5. The van der Waals surface area contributed by atoms with E-state index in [2.05, 4.69) is 22.1 Å². The van der Waals surface area contributed by atoms with Crippen molar-refractivity contribution in [3.8, 4) is 16.9 Å². The Morgan fingerprint density at radius 2 is 1.95 bits per heavy atom. The number of esters is 1. The summed E-state index contributed by atoms with van der Waals surface area (Å²) in [5.41, 5.74) is 2.63. The van der Waals surface area contributed by atoms with Crippen molar-refractivity contribution < 1.29 is 19.1 Å². The molecule has 0 radical (unpaired) electrons. The van der Waals surface area contributed by atoms with Gasteiger partial charge in [0, 0.05) is 27.5 Å². The largest absolute Gasteiger partial charge is 0.486 e. The Balaban J connectivity index is 1.44. The zero-order valence-electron chi connectivity index (χ0n) is 21.1. The summed E-state index contributed by atoms with van der Waals surface area (Å²) < 4.78 is 12.7. The van der Waals surface area contributed by atoms with Crippen LogP contribution in [0.4, 0.5) is 5.00 Å². The van der Waals surface area contributed by atoms with E-state index < -0.39 is 5.97 Å². The molecule has 0 aliphatic carbocycles. The number of hydrogen-bond acceptors (Lipinski definition) is 8. The van der Waals surface area contributed by atoms with Crippen LogP contribution in [-0.2, 0) is 22.7 Å². The first kappa shape index (κ1) is 28.7. The van der Waals surface area contributed by atoms with Gasteiger partial charge in [0.1, 0.15) is 22.9 Å². The molecular formula is C27H24Cl2N4O4S2. The van der Waals surface area contributed by atoms with Crippen molar-refractivity contribution in [3.05, 3.63) is 87.5 Å². The summed E-state index contributed by atoms with van der Waals surface area (Å²) in [7, 11) is 1.30. The molecule has 8 nitrogen and oxygen atoms in total. The molecule has 202 valence electrons. The maximum atomic E-state index is 12.9. The monoisotopic (exact) mass is 602 g/mol. The van der Waals surface area contributed by atoms with E-state index >= 15 is 0 Å². The van der Waals surface area contributed by atoms with E-state index in [4.69, 9.17) is 32.7 Å². The summed E-state index contributed by atoms with van der Waals surface area (Å²) in [5.74, 6) is 0.437. The molecule has 2 heterocycles. The average Bonchev–Trinajstić information content (AvgIpc) is 3.52. The highest BCUT2D eigenvalue weighted by Gasteiger charge is 2.23. The van der Waals surface area contributed by atoms with Gasteiger partial charge in [0.2, 0.25) is 5.91 Å². The van der Waals surface area contributed by atoms with Gasteiger partial charge in [-0.3, -0.25) is 9.36 Å². The summed E-state index contributed by atoms with van der Waals surface area (Å²) in [4.78, 5) is 25.5. The van der Waals surface area contributed by atoms with E-state index in [-0.39, 0.29) is 23.8 Å². The number of aryl methyl sites for hydroxylation is 1. The molecular weight excluding hydrogens is 579 g/mol. The van der Waals surface area contributed by atoms with Gasteiger partial charge in [-0.1, -0.05) is 53.2 Å². The Labute approximate surface area is 243 Å². The fraction of sp³-hybridized carbons (Fsp3) is 0.185. The van der Waals surface area contributed by atoms with E-state index in [1.165, 1.54) is 30.2 Å². The number of thioether (sulfide) groups is 1. The average molecular weight is 604 g/mol. The van der Waals surface area contributed by atoms with Gasteiger partial charge in [0.05, 0.1) is 12.9 Å². The van der Waals surface area contributed by atoms with Crippen LogP contribution in [0.1, 0.15) is 21.7 Å². The lowest BCUT2D eigenvalue weighted by Gasteiger charge is -2.10. The van der Waals surface area contributed by atoms with Crippen LogP contribution in [0, 0.1) is 6.92 Å². The Hall–Kier alpha value is -3.31. The topological polar surface area (TPSA) is 95.3 Å². The Kier molecular flexibility index (Phi) is 9.68. The molecule has 0 unspecified atom stereocenters. The molecule has 0 fully saturated rings. The summed E-state index contributed by atoms with van der Waals surface area (Å²) in [6.07, 6.45) is 1.72. The molecule has 0 saturated heterocycles. The molecule has 0 saturated carbocycles. The standard InChI is InChI=1S/C27H24Cl2N4O4S2/c1-4-11-33-22(13-37-19-9-10-21(29)16(2)12-19)31-32-27(33)39-15-23(34)30-25-24(26(35)36-3)20(14-38-25)17-5-7-18(28)8-6-17/h4-10,12,14H,1,11,13,15H2,2-3H3,(H,30,34). The molecule has 1 amide bonds. The molecule has 0 bridgehead atoms. The second kappa shape index (κ2) is 13.2. The first-order valence-electron chi connectivity index (χ1n) is 11.6. The fourth-order valence-electron chi connectivity index (χ4n) is 3.59. The maximum absolute atomic E-state index is 12.9. The number of benzene rings is 2. The third-order valence-electron chi connectivity index (χ3n) is 5.52. The zero-order chi connectivity index (χ0) is 27.9. The predicted molar refractivity (Wildman–Crippen MR) is 156 cm³/mol. The van der Waals surface area contributed by atoms with Crippen molar-refractivity contribution in [2.24, 2.45) is 0 Å². The maximum Gasteiger partial charge on any atom is 0.341 e. The quantitative estimate of drug-likeness (QED) is 0.113. The zero-order valence-corrected chi connectivity index (χ0v) is 24.2. The summed E-state index contributed by atoms with van der Waals surface area (Å²) in [6.45, 7) is 6.33. The molecule has 0 aliphatic heterocycles. The van der Waals surface area contributed by atoms with E-state index in [9.17, 15) is 9.59 Å². The third kappa shape index (κ3) is 7.02. The number of carbonyl (C=O) groups excluding carboxylic acids is 2. The highest BCUT2D eigenvalue weighted by Crippen LogP contribution is 2.37. The Morgan fingerprint density at radius 3 is 2.64 bits per heavy atom. The van der Waals surface area contributed by atoms with Crippen LogP contribution >= 0.6 is 46.3 Å². The van der Waals surface area contributed by atoms with Crippen LogP contribution in [0.25, 0.3) is 11.1 Å². The highest BCUT2D eigenvalue weighted by molar-refractivity contribution is 7.99. The Bertz CT molecular complexity index is 1500. The number of thiophene rings is 1. The second-order valence-electron chi connectivity index (χ2n) is 8.19. The molecule has 4 aromatic rings. The number of rotatable bonds is 11. The van der Waals surface area contributed by atoms with E-state index in [1.807, 2.05) is 17.6 Å². The van der Waals surface area contributed by atoms with E-state index in [0.717, 1.165) is 11.1 Å². The number of amides is 1. The number of methoxy groups -OCH3 is 1. The molecule has 2 aromatic heterocycles. The number of nitrogens with one attached hydrogen (secondary N) is 1. The molecule has 0 atom stereocenters.